The summed E-state index contributed by atoms with van der Waals surface area (Å²) in [7, 11) is 0. The Balaban J connectivity index is 1.48. The maximum Gasteiger partial charge on any atom is 0.283 e. The molecule has 0 bridgehead atoms. The average Bonchev–Trinajstić information content (AvgIpc) is 3.43. The monoisotopic (exact) mass is 390 g/mol. The van der Waals surface area contributed by atoms with Crippen molar-refractivity contribution in [1.82, 2.24) is 20.1 Å². The van der Waals surface area contributed by atoms with Crippen molar-refractivity contribution in [2.45, 2.75) is 33.9 Å². The third kappa shape index (κ3) is 3.99. The lowest BCUT2D eigenvalue weighted by Crippen LogP contribution is -2.27. The van der Waals surface area contributed by atoms with E-state index in [1.54, 1.807) is 18.4 Å². The lowest BCUT2D eigenvalue weighted by atomic mass is 10.1. The van der Waals surface area contributed by atoms with E-state index in [0.717, 1.165) is 22.5 Å². The van der Waals surface area contributed by atoms with E-state index in [0.29, 0.717) is 24.1 Å². The van der Waals surface area contributed by atoms with E-state index in [1.165, 1.54) is 5.56 Å². The molecule has 0 aliphatic rings. The number of rotatable bonds is 6. The van der Waals surface area contributed by atoms with E-state index >= 15 is 0 Å². The van der Waals surface area contributed by atoms with Crippen LogP contribution >= 0.6 is 0 Å². The Morgan fingerprint density at radius 1 is 1.07 bits per heavy atom. The molecule has 0 spiro atoms. The van der Waals surface area contributed by atoms with Crippen molar-refractivity contribution in [3.63, 3.8) is 0 Å². The van der Waals surface area contributed by atoms with Crippen LogP contribution in [0, 0.1) is 20.8 Å². The Morgan fingerprint density at radius 3 is 2.66 bits per heavy atom. The van der Waals surface area contributed by atoms with Crippen LogP contribution in [0.5, 0.6) is 0 Å². The van der Waals surface area contributed by atoms with E-state index < -0.39 is 0 Å². The first-order chi connectivity index (χ1) is 14.0. The Morgan fingerprint density at radius 2 is 1.90 bits per heavy atom. The molecule has 0 fully saturated rings. The molecule has 0 atom stereocenters. The van der Waals surface area contributed by atoms with Gasteiger partial charge in [-0.2, -0.15) is 0 Å². The fourth-order valence-corrected chi connectivity index (χ4v) is 3.32. The molecule has 4 aromatic rings. The fourth-order valence-electron chi connectivity index (χ4n) is 3.32. The van der Waals surface area contributed by atoms with Crippen LogP contribution < -0.4 is 5.32 Å². The molecule has 148 valence electrons. The molecule has 0 saturated heterocycles. The average molecular weight is 390 g/mol. The Labute approximate surface area is 168 Å². The summed E-state index contributed by atoms with van der Waals surface area (Å²) in [6.07, 6.45) is 1.56. The third-order valence-corrected chi connectivity index (χ3v) is 4.83. The summed E-state index contributed by atoms with van der Waals surface area (Å²) in [4.78, 5) is 12.5. The number of carbonyl (C=O) groups is 1. The highest BCUT2D eigenvalue weighted by atomic mass is 16.4. The minimum absolute atomic E-state index is 0.0540. The van der Waals surface area contributed by atoms with Crippen molar-refractivity contribution in [1.29, 1.82) is 0 Å². The summed E-state index contributed by atoms with van der Waals surface area (Å²) < 4.78 is 13.0. The number of benzene rings is 1. The highest BCUT2D eigenvalue weighted by molar-refractivity contribution is 5.76. The number of nitrogens with one attached hydrogen (secondary N) is 1. The summed E-state index contributed by atoms with van der Waals surface area (Å²) in [5.41, 5.74) is 4.89. The molecule has 7 heteroatoms. The zero-order chi connectivity index (χ0) is 20.4. The van der Waals surface area contributed by atoms with Crippen molar-refractivity contribution < 1.29 is 13.6 Å². The first kappa shape index (κ1) is 18.7. The largest absolute Gasteiger partial charge is 0.459 e. The lowest BCUT2D eigenvalue weighted by molar-refractivity contribution is -0.121. The van der Waals surface area contributed by atoms with Crippen molar-refractivity contribution in [3.05, 3.63) is 71.2 Å². The number of hydrogen-bond acceptors (Lipinski definition) is 5. The van der Waals surface area contributed by atoms with Crippen LogP contribution in [0.2, 0.25) is 0 Å². The highest BCUT2D eigenvalue weighted by Crippen LogP contribution is 2.28. The van der Waals surface area contributed by atoms with Gasteiger partial charge < -0.3 is 18.7 Å². The molecule has 0 saturated carbocycles. The number of amides is 1. The van der Waals surface area contributed by atoms with Crippen molar-refractivity contribution >= 4 is 5.91 Å². The minimum atomic E-state index is -0.0540. The normalized spacial score (nSPS) is 11.0. The second-order valence-corrected chi connectivity index (χ2v) is 7.03. The summed E-state index contributed by atoms with van der Waals surface area (Å²) in [5, 5.41) is 11.2. The van der Waals surface area contributed by atoms with Gasteiger partial charge in [0.15, 0.2) is 5.76 Å². The van der Waals surface area contributed by atoms with Crippen LogP contribution in [0.25, 0.3) is 23.1 Å². The van der Waals surface area contributed by atoms with E-state index in [4.69, 9.17) is 8.83 Å². The lowest BCUT2D eigenvalue weighted by Gasteiger charge is -2.10. The molecule has 7 nitrogen and oxygen atoms in total. The van der Waals surface area contributed by atoms with Crippen LogP contribution in [0.15, 0.2) is 57.6 Å². The number of nitrogens with zero attached hydrogens (tertiary/aromatic N) is 3. The fraction of sp³-hybridized carbons (Fsp3) is 0.227. The van der Waals surface area contributed by atoms with Gasteiger partial charge in [-0.15, -0.1) is 10.2 Å². The summed E-state index contributed by atoms with van der Waals surface area (Å²) in [6, 6.07) is 13.6. The summed E-state index contributed by atoms with van der Waals surface area (Å²) in [5.74, 6) is 1.19. The van der Waals surface area contributed by atoms with Gasteiger partial charge in [-0.05, 0) is 44.5 Å². The number of carbonyl (C=O) groups excluding carboxylic acids is 1. The summed E-state index contributed by atoms with van der Waals surface area (Å²) >= 11 is 0. The molecule has 3 heterocycles. The SMILES string of the molecule is Cc1cccc(CNC(=O)Cn2c(C)cc(-c3nnc(-c4ccco4)o3)c2C)c1. The molecular formula is C22H22N4O3. The van der Waals surface area contributed by atoms with Gasteiger partial charge in [0, 0.05) is 17.9 Å². The first-order valence-electron chi connectivity index (χ1n) is 9.38. The molecule has 0 unspecified atom stereocenters. The molecule has 1 aromatic carbocycles. The van der Waals surface area contributed by atoms with Crippen LogP contribution in [0.1, 0.15) is 22.5 Å². The second kappa shape index (κ2) is 7.79. The molecule has 4 rings (SSSR count). The third-order valence-electron chi connectivity index (χ3n) is 4.83. The summed E-state index contributed by atoms with van der Waals surface area (Å²) in [6.45, 7) is 6.65. The highest BCUT2D eigenvalue weighted by Gasteiger charge is 2.19. The quantitative estimate of drug-likeness (QED) is 0.537. The number of furan rings is 1. The van der Waals surface area contributed by atoms with Gasteiger partial charge in [0.25, 0.3) is 5.89 Å². The standard InChI is InChI=1S/C22H22N4O3/c1-14-6-4-7-17(10-14)12-23-20(27)13-26-15(2)11-18(16(26)3)21-24-25-22(29-21)19-8-5-9-28-19/h4-11H,12-13H2,1-3H3,(H,23,27). The predicted molar refractivity (Wildman–Crippen MR) is 108 cm³/mol. The molecule has 29 heavy (non-hydrogen) atoms. The Kier molecular flexibility index (Phi) is 5.03. The van der Waals surface area contributed by atoms with E-state index in [-0.39, 0.29) is 12.5 Å². The molecule has 1 N–H and O–H groups in total. The molecule has 1 amide bonds. The van der Waals surface area contributed by atoms with E-state index in [2.05, 4.69) is 21.6 Å². The van der Waals surface area contributed by atoms with Gasteiger partial charge in [0.2, 0.25) is 11.8 Å². The zero-order valence-corrected chi connectivity index (χ0v) is 16.6. The maximum atomic E-state index is 12.5. The van der Waals surface area contributed by atoms with Gasteiger partial charge in [0.1, 0.15) is 6.54 Å². The number of aromatic nitrogens is 3. The molecular weight excluding hydrogens is 368 g/mol. The predicted octanol–water partition coefficient (Wildman–Crippen LogP) is 4.04. The second-order valence-electron chi connectivity index (χ2n) is 7.03. The Hall–Kier alpha value is -3.61. The molecule has 0 aliphatic carbocycles. The van der Waals surface area contributed by atoms with Crippen LogP contribution in [0.3, 0.4) is 0 Å². The van der Waals surface area contributed by atoms with E-state index in [9.17, 15) is 4.79 Å². The first-order valence-corrected chi connectivity index (χ1v) is 9.38. The van der Waals surface area contributed by atoms with Gasteiger partial charge in [-0.25, -0.2) is 0 Å². The minimum Gasteiger partial charge on any atom is -0.459 e. The van der Waals surface area contributed by atoms with Crippen LogP contribution in [0.4, 0.5) is 0 Å². The zero-order valence-electron chi connectivity index (χ0n) is 16.6. The van der Waals surface area contributed by atoms with Crippen molar-refractivity contribution in [3.8, 4) is 23.1 Å². The smallest absolute Gasteiger partial charge is 0.283 e. The van der Waals surface area contributed by atoms with Gasteiger partial charge in [0.05, 0.1) is 11.8 Å². The van der Waals surface area contributed by atoms with Crippen molar-refractivity contribution in [2.75, 3.05) is 0 Å². The van der Waals surface area contributed by atoms with E-state index in [1.807, 2.05) is 49.6 Å². The van der Waals surface area contributed by atoms with Crippen molar-refractivity contribution in [2.24, 2.45) is 0 Å². The van der Waals surface area contributed by atoms with Crippen LogP contribution in [-0.2, 0) is 17.9 Å². The van der Waals surface area contributed by atoms with Crippen LogP contribution in [-0.4, -0.2) is 20.7 Å². The van der Waals surface area contributed by atoms with Gasteiger partial charge in [-0.3, -0.25) is 4.79 Å². The topological polar surface area (TPSA) is 86.1 Å². The number of aryl methyl sites for hydroxylation is 2. The van der Waals surface area contributed by atoms with Gasteiger partial charge in [-0.1, -0.05) is 29.8 Å². The molecule has 3 aromatic heterocycles. The number of hydrogen-bond donors (Lipinski definition) is 1. The Bertz CT molecular complexity index is 1140. The maximum absolute atomic E-state index is 12.5. The molecule has 0 radical (unpaired) electrons. The van der Waals surface area contributed by atoms with Gasteiger partial charge >= 0.3 is 0 Å². The molecule has 0 aliphatic heterocycles.